The number of hydrogen-bond acceptors (Lipinski definition) is 5. The Morgan fingerprint density at radius 1 is 1.32 bits per heavy atom. The SMILES string of the molecule is CNCc1cc2c(cc1OCc1cccs1)OCO2. The highest BCUT2D eigenvalue weighted by Gasteiger charge is 2.17. The third-order valence-electron chi connectivity index (χ3n) is 2.87. The van der Waals surface area contributed by atoms with Gasteiger partial charge < -0.3 is 19.5 Å². The summed E-state index contributed by atoms with van der Waals surface area (Å²) >= 11 is 1.69. The second-order valence-corrected chi connectivity index (χ2v) is 5.24. The standard InChI is InChI=1S/C14H15NO3S/c1-15-7-10-5-13-14(18-9-17-13)6-12(10)16-8-11-3-2-4-19-11/h2-6,15H,7-9H2,1H3. The van der Waals surface area contributed by atoms with Crippen LogP contribution in [-0.4, -0.2) is 13.8 Å². The predicted molar refractivity (Wildman–Crippen MR) is 74.0 cm³/mol. The van der Waals surface area contributed by atoms with E-state index >= 15 is 0 Å². The fourth-order valence-electron chi connectivity index (χ4n) is 1.97. The zero-order chi connectivity index (χ0) is 13.1. The Labute approximate surface area is 115 Å². The molecule has 0 radical (unpaired) electrons. The molecular formula is C14H15NO3S. The van der Waals surface area contributed by atoms with Crippen LogP contribution in [0.4, 0.5) is 0 Å². The lowest BCUT2D eigenvalue weighted by Crippen LogP contribution is -2.07. The molecule has 0 spiro atoms. The van der Waals surface area contributed by atoms with Gasteiger partial charge in [0.2, 0.25) is 6.79 Å². The lowest BCUT2D eigenvalue weighted by molar-refractivity contribution is 0.173. The minimum atomic E-state index is 0.280. The van der Waals surface area contributed by atoms with Crippen LogP contribution in [0.5, 0.6) is 17.2 Å². The molecule has 0 aliphatic carbocycles. The van der Waals surface area contributed by atoms with Gasteiger partial charge in [-0.3, -0.25) is 0 Å². The molecule has 100 valence electrons. The summed E-state index contributed by atoms with van der Waals surface area (Å²) in [5, 5.41) is 5.18. The quantitative estimate of drug-likeness (QED) is 0.912. The molecule has 1 aliphatic rings. The molecule has 0 saturated carbocycles. The summed E-state index contributed by atoms with van der Waals surface area (Å²) < 4.78 is 16.7. The van der Waals surface area contributed by atoms with Gasteiger partial charge in [-0.15, -0.1) is 11.3 Å². The Hall–Kier alpha value is -1.72. The molecule has 4 nitrogen and oxygen atoms in total. The molecule has 3 rings (SSSR count). The van der Waals surface area contributed by atoms with Crippen molar-refractivity contribution >= 4 is 11.3 Å². The normalized spacial score (nSPS) is 12.7. The molecule has 0 amide bonds. The van der Waals surface area contributed by atoms with Gasteiger partial charge in [0.25, 0.3) is 0 Å². The largest absolute Gasteiger partial charge is 0.488 e. The molecule has 0 unspecified atom stereocenters. The Balaban J connectivity index is 1.82. The van der Waals surface area contributed by atoms with Crippen LogP contribution in [-0.2, 0) is 13.2 Å². The summed E-state index contributed by atoms with van der Waals surface area (Å²) in [4.78, 5) is 1.20. The van der Waals surface area contributed by atoms with Crippen LogP contribution >= 0.6 is 11.3 Å². The maximum absolute atomic E-state index is 5.89. The lowest BCUT2D eigenvalue weighted by atomic mass is 10.1. The topological polar surface area (TPSA) is 39.7 Å². The van der Waals surface area contributed by atoms with Gasteiger partial charge in [0.1, 0.15) is 12.4 Å². The Morgan fingerprint density at radius 2 is 2.16 bits per heavy atom. The van der Waals surface area contributed by atoms with Crippen molar-refractivity contribution in [1.29, 1.82) is 0 Å². The second kappa shape index (κ2) is 5.50. The summed E-state index contributed by atoms with van der Waals surface area (Å²) in [6, 6.07) is 7.97. The molecule has 1 N–H and O–H groups in total. The van der Waals surface area contributed by atoms with Gasteiger partial charge in [-0.25, -0.2) is 0 Å². The number of benzene rings is 1. The van der Waals surface area contributed by atoms with Crippen LogP contribution in [0.1, 0.15) is 10.4 Å². The highest BCUT2D eigenvalue weighted by atomic mass is 32.1. The average molecular weight is 277 g/mol. The minimum Gasteiger partial charge on any atom is -0.488 e. The van der Waals surface area contributed by atoms with E-state index in [0.717, 1.165) is 29.4 Å². The van der Waals surface area contributed by atoms with E-state index in [9.17, 15) is 0 Å². The van der Waals surface area contributed by atoms with Gasteiger partial charge in [-0.2, -0.15) is 0 Å². The Kier molecular flexibility index (Phi) is 3.57. The summed E-state index contributed by atoms with van der Waals surface area (Å²) in [6.07, 6.45) is 0. The van der Waals surface area contributed by atoms with Crippen molar-refractivity contribution in [1.82, 2.24) is 5.32 Å². The number of thiophene rings is 1. The zero-order valence-electron chi connectivity index (χ0n) is 10.6. The first-order valence-electron chi connectivity index (χ1n) is 6.09. The molecule has 2 heterocycles. The first kappa shape index (κ1) is 12.3. The van der Waals surface area contributed by atoms with Crippen molar-refractivity contribution in [3.05, 3.63) is 40.1 Å². The van der Waals surface area contributed by atoms with E-state index in [1.807, 2.05) is 30.6 Å². The fourth-order valence-corrected chi connectivity index (χ4v) is 2.59. The van der Waals surface area contributed by atoms with Crippen LogP contribution in [0.3, 0.4) is 0 Å². The van der Waals surface area contributed by atoms with E-state index in [1.165, 1.54) is 4.88 Å². The molecule has 1 aromatic heterocycles. The zero-order valence-corrected chi connectivity index (χ0v) is 11.5. The van der Waals surface area contributed by atoms with E-state index in [2.05, 4.69) is 11.4 Å². The van der Waals surface area contributed by atoms with Crippen molar-refractivity contribution in [2.45, 2.75) is 13.2 Å². The van der Waals surface area contributed by atoms with Gasteiger partial charge >= 0.3 is 0 Å². The third-order valence-corrected chi connectivity index (χ3v) is 3.72. The number of ether oxygens (including phenoxy) is 3. The first-order chi connectivity index (χ1) is 9.36. The second-order valence-electron chi connectivity index (χ2n) is 4.21. The molecule has 0 fully saturated rings. The Bertz CT molecular complexity index is 554. The van der Waals surface area contributed by atoms with Crippen molar-refractivity contribution < 1.29 is 14.2 Å². The van der Waals surface area contributed by atoms with Crippen molar-refractivity contribution in [3.8, 4) is 17.2 Å². The van der Waals surface area contributed by atoms with Gasteiger partial charge in [0.05, 0.1) is 0 Å². The van der Waals surface area contributed by atoms with Gasteiger partial charge in [0, 0.05) is 23.1 Å². The smallest absolute Gasteiger partial charge is 0.231 e. The minimum absolute atomic E-state index is 0.280. The number of fused-ring (bicyclic) bond motifs is 1. The molecule has 2 aromatic rings. The predicted octanol–water partition coefficient (Wildman–Crippen LogP) is 2.78. The van der Waals surface area contributed by atoms with E-state index in [4.69, 9.17) is 14.2 Å². The van der Waals surface area contributed by atoms with Gasteiger partial charge in [-0.1, -0.05) is 6.07 Å². The lowest BCUT2D eigenvalue weighted by Gasteiger charge is -2.12. The summed E-state index contributed by atoms with van der Waals surface area (Å²) in [7, 11) is 1.91. The Morgan fingerprint density at radius 3 is 2.89 bits per heavy atom. The highest BCUT2D eigenvalue weighted by molar-refractivity contribution is 7.09. The molecule has 0 atom stereocenters. The molecule has 1 aliphatic heterocycles. The molecule has 0 bridgehead atoms. The first-order valence-corrected chi connectivity index (χ1v) is 6.97. The summed E-state index contributed by atoms with van der Waals surface area (Å²) in [5.41, 5.74) is 1.07. The number of rotatable bonds is 5. The summed E-state index contributed by atoms with van der Waals surface area (Å²) in [5.74, 6) is 2.38. The van der Waals surface area contributed by atoms with Gasteiger partial charge in [0.15, 0.2) is 11.5 Å². The van der Waals surface area contributed by atoms with Crippen LogP contribution in [0.15, 0.2) is 29.6 Å². The van der Waals surface area contributed by atoms with E-state index in [-0.39, 0.29) is 6.79 Å². The maximum atomic E-state index is 5.89. The molecule has 5 heteroatoms. The van der Waals surface area contributed by atoms with Gasteiger partial charge in [-0.05, 0) is 24.6 Å². The number of hydrogen-bond donors (Lipinski definition) is 1. The van der Waals surface area contributed by atoms with Crippen molar-refractivity contribution in [3.63, 3.8) is 0 Å². The molecular weight excluding hydrogens is 262 g/mol. The fraction of sp³-hybridized carbons (Fsp3) is 0.286. The van der Waals surface area contributed by atoms with Crippen LogP contribution in [0.25, 0.3) is 0 Å². The maximum Gasteiger partial charge on any atom is 0.231 e. The van der Waals surface area contributed by atoms with E-state index in [0.29, 0.717) is 6.61 Å². The van der Waals surface area contributed by atoms with Crippen molar-refractivity contribution in [2.24, 2.45) is 0 Å². The number of nitrogens with one attached hydrogen (secondary N) is 1. The van der Waals surface area contributed by atoms with Crippen LogP contribution in [0.2, 0.25) is 0 Å². The van der Waals surface area contributed by atoms with Crippen molar-refractivity contribution in [2.75, 3.05) is 13.8 Å². The highest BCUT2D eigenvalue weighted by Crippen LogP contribution is 2.38. The van der Waals surface area contributed by atoms with E-state index < -0.39 is 0 Å². The van der Waals surface area contributed by atoms with E-state index in [1.54, 1.807) is 11.3 Å². The third kappa shape index (κ3) is 2.67. The molecule has 19 heavy (non-hydrogen) atoms. The van der Waals surface area contributed by atoms with Crippen LogP contribution < -0.4 is 19.5 Å². The van der Waals surface area contributed by atoms with Crippen LogP contribution in [0, 0.1) is 0 Å². The monoisotopic (exact) mass is 277 g/mol. The molecule has 0 saturated heterocycles. The summed E-state index contributed by atoms with van der Waals surface area (Å²) in [6.45, 7) is 1.59. The molecule has 1 aromatic carbocycles. The average Bonchev–Trinajstić information content (AvgIpc) is 3.07.